The summed E-state index contributed by atoms with van der Waals surface area (Å²) in [5.41, 5.74) is 0.845. The first-order chi connectivity index (χ1) is 11.4. The number of carbonyl (C=O) groups excluding carboxylic acids is 2. The van der Waals surface area contributed by atoms with Gasteiger partial charge in [0.05, 0.1) is 7.11 Å². The number of halogens is 1. The quantitative estimate of drug-likeness (QED) is 0.737. The van der Waals surface area contributed by atoms with Crippen molar-refractivity contribution in [1.29, 1.82) is 0 Å². The van der Waals surface area contributed by atoms with Gasteiger partial charge in [0, 0.05) is 49.2 Å². The number of methoxy groups -OCH3 is 1. The van der Waals surface area contributed by atoms with E-state index in [1.54, 1.807) is 43.2 Å². The van der Waals surface area contributed by atoms with Crippen LogP contribution in [0.25, 0.3) is 6.08 Å². The van der Waals surface area contributed by atoms with Crippen LogP contribution in [0.15, 0.2) is 28.7 Å². The second kappa shape index (κ2) is 8.33. The number of amides is 2. The van der Waals surface area contributed by atoms with Crippen LogP contribution in [-0.2, 0) is 9.59 Å². The second-order valence-electron chi connectivity index (χ2n) is 6.05. The minimum atomic E-state index is -0.0345. The summed E-state index contributed by atoms with van der Waals surface area (Å²) in [6, 6.07) is 5.65. The number of hydrogen-bond donors (Lipinski definition) is 0. The molecule has 0 atom stereocenters. The average Bonchev–Trinajstić information content (AvgIpc) is 2.59. The lowest BCUT2D eigenvalue weighted by Crippen LogP contribution is -2.42. The normalized spacial score (nSPS) is 15.6. The van der Waals surface area contributed by atoms with Crippen molar-refractivity contribution in [2.45, 2.75) is 12.8 Å². The fourth-order valence-electron chi connectivity index (χ4n) is 2.81. The van der Waals surface area contributed by atoms with Crippen molar-refractivity contribution in [2.75, 3.05) is 34.3 Å². The van der Waals surface area contributed by atoms with Gasteiger partial charge in [-0.3, -0.25) is 9.59 Å². The third kappa shape index (κ3) is 4.60. The minimum Gasteiger partial charge on any atom is -0.496 e. The summed E-state index contributed by atoms with van der Waals surface area (Å²) in [4.78, 5) is 27.8. The van der Waals surface area contributed by atoms with Crippen molar-refractivity contribution in [3.63, 3.8) is 0 Å². The molecule has 1 aliphatic rings. The highest BCUT2D eigenvalue weighted by Gasteiger charge is 2.27. The maximum atomic E-state index is 12.4. The van der Waals surface area contributed by atoms with Gasteiger partial charge in [-0.1, -0.05) is 15.9 Å². The molecule has 0 spiro atoms. The molecule has 24 heavy (non-hydrogen) atoms. The smallest absolute Gasteiger partial charge is 0.246 e. The number of ether oxygens (including phenoxy) is 1. The Morgan fingerprint density at radius 1 is 1.29 bits per heavy atom. The standard InChI is InChI=1S/C18H23BrN2O3/c1-20(2)18(23)13-8-10-21(11-9-13)17(22)7-4-14-12-15(19)5-6-16(14)24-3/h4-7,12-13H,8-11H2,1-3H3/b7-4+. The van der Waals surface area contributed by atoms with Crippen LogP contribution in [0.4, 0.5) is 0 Å². The number of rotatable bonds is 4. The summed E-state index contributed by atoms with van der Waals surface area (Å²) >= 11 is 3.42. The molecule has 6 heteroatoms. The second-order valence-corrected chi connectivity index (χ2v) is 6.97. The summed E-state index contributed by atoms with van der Waals surface area (Å²) < 4.78 is 6.23. The fraction of sp³-hybridized carbons (Fsp3) is 0.444. The first kappa shape index (κ1) is 18.5. The molecule has 2 rings (SSSR count). The van der Waals surface area contributed by atoms with Gasteiger partial charge in [0.15, 0.2) is 0 Å². The highest BCUT2D eigenvalue weighted by molar-refractivity contribution is 9.10. The Kier molecular flexibility index (Phi) is 6.43. The molecule has 130 valence electrons. The lowest BCUT2D eigenvalue weighted by molar-refractivity contribution is -0.137. The molecule has 0 radical (unpaired) electrons. The van der Waals surface area contributed by atoms with Gasteiger partial charge in [0.25, 0.3) is 0 Å². The highest BCUT2D eigenvalue weighted by Crippen LogP contribution is 2.24. The van der Waals surface area contributed by atoms with E-state index in [-0.39, 0.29) is 17.7 Å². The number of hydrogen-bond acceptors (Lipinski definition) is 3. The molecule has 1 aromatic carbocycles. The van der Waals surface area contributed by atoms with Crippen LogP contribution in [0, 0.1) is 5.92 Å². The molecule has 5 nitrogen and oxygen atoms in total. The lowest BCUT2D eigenvalue weighted by atomic mass is 9.95. The lowest BCUT2D eigenvalue weighted by Gasteiger charge is -2.31. The third-order valence-electron chi connectivity index (χ3n) is 4.19. The predicted molar refractivity (Wildman–Crippen MR) is 97.7 cm³/mol. The molecule has 0 aliphatic carbocycles. The van der Waals surface area contributed by atoms with E-state index in [1.807, 2.05) is 18.2 Å². The third-order valence-corrected chi connectivity index (χ3v) is 4.69. The summed E-state index contributed by atoms with van der Waals surface area (Å²) in [7, 11) is 5.15. The summed E-state index contributed by atoms with van der Waals surface area (Å²) in [5.74, 6) is 0.861. The molecule has 1 heterocycles. The maximum Gasteiger partial charge on any atom is 0.246 e. The average molecular weight is 395 g/mol. The van der Waals surface area contributed by atoms with Crippen molar-refractivity contribution < 1.29 is 14.3 Å². The fourth-order valence-corrected chi connectivity index (χ4v) is 3.19. The van der Waals surface area contributed by atoms with Crippen LogP contribution < -0.4 is 4.74 Å². The molecule has 0 N–H and O–H groups in total. The maximum absolute atomic E-state index is 12.4. The van der Waals surface area contributed by atoms with Crippen molar-refractivity contribution in [2.24, 2.45) is 5.92 Å². The Hall–Kier alpha value is -1.82. The van der Waals surface area contributed by atoms with Crippen LogP contribution in [0.3, 0.4) is 0 Å². The van der Waals surface area contributed by atoms with E-state index in [0.717, 1.165) is 28.6 Å². The minimum absolute atomic E-state index is 0.0261. The molecular formula is C18H23BrN2O3. The van der Waals surface area contributed by atoms with E-state index in [0.29, 0.717) is 13.1 Å². The van der Waals surface area contributed by atoms with Crippen LogP contribution in [0.5, 0.6) is 5.75 Å². The van der Waals surface area contributed by atoms with Gasteiger partial charge < -0.3 is 14.5 Å². The van der Waals surface area contributed by atoms with Crippen LogP contribution in [0.2, 0.25) is 0 Å². The Bertz CT molecular complexity index is 635. The molecule has 0 aromatic heterocycles. The van der Waals surface area contributed by atoms with Crippen molar-refractivity contribution in [3.05, 3.63) is 34.3 Å². The SMILES string of the molecule is COc1ccc(Br)cc1/C=C/C(=O)N1CCC(C(=O)N(C)C)CC1. The Morgan fingerprint density at radius 3 is 2.54 bits per heavy atom. The highest BCUT2D eigenvalue weighted by atomic mass is 79.9. The van der Waals surface area contributed by atoms with Crippen LogP contribution >= 0.6 is 15.9 Å². The molecule has 1 aliphatic heterocycles. The van der Waals surface area contributed by atoms with Gasteiger partial charge >= 0.3 is 0 Å². The van der Waals surface area contributed by atoms with Gasteiger partial charge in [-0.2, -0.15) is 0 Å². The van der Waals surface area contributed by atoms with Gasteiger partial charge in [-0.25, -0.2) is 0 Å². The number of benzene rings is 1. The first-order valence-electron chi connectivity index (χ1n) is 7.94. The monoisotopic (exact) mass is 394 g/mol. The van der Waals surface area contributed by atoms with Crippen LogP contribution in [-0.4, -0.2) is 55.9 Å². The van der Waals surface area contributed by atoms with Gasteiger partial charge in [-0.15, -0.1) is 0 Å². The first-order valence-corrected chi connectivity index (χ1v) is 8.73. The van der Waals surface area contributed by atoms with E-state index in [2.05, 4.69) is 15.9 Å². The van der Waals surface area contributed by atoms with Gasteiger partial charge in [0.2, 0.25) is 11.8 Å². The topological polar surface area (TPSA) is 49.9 Å². The Morgan fingerprint density at radius 2 is 1.96 bits per heavy atom. The molecule has 0 bridgehead atoms. The molecule has 0 saturated carbocycles. The van der Waals surface area contributed by atoms with E-state index >= 15 is 0 Å². The molecule has 2 amide bonds. The number of carbonyl (C=O) groups is 2. The molecule has 1 aromatic rings. The number of piperidine rings is 1. The van der Waals surface area contributed by atoms with Crippen molar-refractivity contribution in [1.82, 2.24) is 9.80 Å². The number of nitrogens with zero attached hydrogens (tertiary/aromatic N) is 2. The molecular weight excluding hydrogens is 372 g/mol. The molecule has 0 unspecified atom stereocenters. The van der Waals surface area contributed by atoms with Crippen molar-refractivity contribution in [3.8, 4) is 5.75 Å². The molecule has 1 fully saturated rings. The molecule has 1 saturated heterocycles. The van der Waals surface area contributed by atoms with Gasteiger partial charge in [0.1, 0.15) is 5.75 Å². The predicted octanol–water partition coefficient (Wildman–Crippen LogP) is 2.80. The summed E-state index contributed by atoms with van der Waals surface area (Å²) in [5, 5.41) is 0. The Labute approximate surface area is 151 Å². The largest absolute Gasteiger partial charge is 0.496 e. The zero-order chi connectivity index (χ0) is 17.7. The summed E-state index contributed by atoms with van der Waals surface area (Å²) in [6.45, 7) is 1.23. The summed E-state index contributed by atoms with van der Waals surface area (Å²) in [6.07, 6.45) is 4.77. The van der Waals surface area contributed by atoms with E-state index in [1.165, 1.54) is 0 Å². The zero-order valence-electron chi connectivity index (χ0n) is 14.3. The van der Waals surface area contributed by atoms with E-state index < -0.39 is 0 Å². The van der Waals surface area contributed by atoms with E-state index in [4.69, 9.17) is 4.74 Å². The van der Waals surface area contributed by atoms with Gasteiger partial charge in [-0.05, 0) is 37.1 Å². The Balaban J connectivity index is 1.97. The number of likely N-dealkylation sites (tertiary alicyclic amines) is 1. The van der Waals surface area contributed by atoms with Crippen molar-refractivity contribution >= 4 is 33.8 Å². The zero-order valence-corrected chi connectivity index (χ0v) is 15.9. The van der Waals surface area contributed by atoms with Crippen LogP contribution in [0.1, 0.15) is 18.4 Å². The van der Waals surface area contributed by atoms with E-state index in [9.17, 15) is 9.59 Å².